The molecule has 0 radical (unpaired) electrons. The van der Waals surface area contributed by atoms with E-state index in [0.717, 1.165) is 0 Å². The van der Waals surface area contributed by atoms with Crippen LogP contribution in [0.4, 0.5) is 0 Å². The van der Waals surface area contributed by atoms with E-state index >= 15 is 0 Å². The van der Waals surface area contributed by atoms with Crippen LogP contribution in [0.5, 0.6) is 0 Å². The van der Waals surface area contributed by atoms with Crippen molar-refractivity contribution in [2.45, 2.75) is 27.7 Å². The Morgan fingerprint density at radius 1 is 0.355 bits per heavy atom. The monoisotopic (exact) mass is 441 g/mol. The van der Waals surface area contributed by atoms with E-state index in [0.29, 0.717) is 0 Å². The van der Waals surface area contributed by atoms with E-state index < -0.39 is 16.1 Å². The van der Waals surface area contributed by atoms with Crippen LogP contribution < -0.4 is 26.1 Å². The lowest BCUT2D eigenvalue weighted by Gasteiger charge is -2.28. The van der Waals surface area contributed by atoms with Gasteiger partial charge < -0.3 is 0 Å². The van der Waals surface area contributed by atoms with Gasteiger partial charge in [-0.25, -0.2) is 0 Å². The van der Waals surface area contributed by atoms with E-state index in [4.69, 9.17) is 0 Å². The lowest BCUT2D eigenvalue weighted by Crippen LogP contribution is -2.27. The number of benzene rings is 4. The highest BCUT2D eigenvalue weighted by molar-refractivity contribution is 7.85. The van der Waals surface area contributed by atoms with Gasteiger partial charge in [-0.05, 0) is 48.9 Å². The van der Waals surface area contributed by atoms with Gasteiger partial charge in [0.25, 0.3) is 0 Å². The topological polar surface area (TPSA) is 12.0 Å². The van der Waals surface area contributed by atoms with E-state index in [1.54, 1.807) is 0 Å². The maximum Gasteiger partial charge on any atom is 0.0294 e. The molecule has 4 rings (SSSR count). The van der Waals surface area contributed by atoms with Gasteiger partial charge in [-0.2, -0.15) is 0 Å². The van der Waals surface area contributed by atoms with Crippen LogP contribution in [-0.2, 0) is 0 Å². The molecule has 0 heterocycles. The Kier molecular flexibility index (Phi) is 6.99. The Labute approximate surface area is 189 Å². The highest BCUT2D eigenvalue weighted by atomic mass is 31.2. The zero-order chi connectivity index (χ0) is 21.8. The summed E-state index contributed by atoms with van der Waals surface area (Å²) in [5.74, 6) is 0. The lowest BCUT2D eigenvalue weighted by molar-refractivity contribution is 1.47. The summed E-state index contributed by atoms with van der Waals surface area (Å²) >= 11 is 0. The van der Waals surface area contributed by atoms with Crippen molar-refractivity contribution in [1.82, 2.24) is 4.86 Å². The average Bonchev–Trinajstić information content (AvgIpc) is 2.78. The summed E-state index contributed by atoms with van der Waals surface area (Å²) in [5, 5.41) is 5.43. The predicted molar refractivity (Wildman–Crippen MR) is 140 cm³/mol. The second-order valence-corrected chi connectivity index (χ2v) is 12.3. The Balaban J connectivity index is 1.79. The number of nitrogens with one attached hydrogen (secondary N) is 1. The van der Waals surface area contributed by atoms with Gasteiger partial charge in [0.05, 0.1) is 0 Å². The minimum absolute atomic E-state index is 0.699. The van der Waals surface area contributed by atoms with Crippen molar-refractivity contribution in [2.75, 3.05) is 0 Å². The Bertz CT molecular complexity index is 932. The fourth-order valence-corrected chi connectivity index (χ4v) is 8.44. The van der Waals surface area contributed by atoms with Crippen LogP contribution in [-0.4, -0.2) is 0 Å². The fourth-order valence-electron chi connectivity index (χ4n) is 3.40. The number of hydrogen-bond acceptors (Lipinski definition) is 1. The molecule has 0 aliphatic rings. The second-order valence-electron chi connectivity index (χ2n) is 8.11. The average molecular weight is 441 g/mol. The first-order valence-electron chi connectivity index (χ1n) is 10.6. The maximum atomic E-state index is 4.13. The van der Waals surface area contributed by atoms with Gasteiger partial charge in [0.2, 0.25) is 0 Å². The fraction of sp³-hybridized carbons (Fsp3) is 0.143. The quantitative estimate of drug-likeness (QED) is 0.367. The standard InChI is InChI=1S/C28H29NP2/c1-21-5-13-25(14-6-21)30(26-15-7-22(2)8-16-26)29-31(27-17-9-23(3)10-18-27)28-19-11-24(4)12-20-28/h5-20,29H,1-4H3. The summed E-state index contributed by atoms with van der Waals surface area (Å²) in [6.45, 7) is 8.60. The zero-order valence-corrected chi connectivity index (χ0v) is 20.4. The third kappa shape index (κ3) is 5.50. The molecule has 0 fully saturated rings. The first-order chi connectivity index (χ1) is 15.0. The van der Waals surface area contributed by atoms with E-state index in [1.165, 1.54) is 43.5 Å². The molecule has 0 atom stereocenters. The van der Waals surface area contributed by atoms with Crippen molar-refractivity contribution in [3.05, 3.63) is 119 Å². The van der Waals surface area contributed by atoms with Crippen LogP contribution >= 0.6 is 16.1 Å². The van der Waals surface area contributed by atoms with Gasteiger partial charge >= 0.3 is 0 Å². The van der Waals surface area contributed by atoms with E-state index in [9.17, 15) is 0 Å². The summed E-state index contributed by atoms with van der Waals surface area (Å²) in [6, 6.07) is 36.0. The number of aryl methyl sites for hydroxylation is 4. The minimum atomic E-state index is -0.699. The molecular weight excluding hydrogens is 412 g/mol. The molecule has 0 amide bonds. The molecule has 0 aromatic heterocycles. The van der Waals surface area contributed by atoms with Crippen LogP contribution in [0.1, 0.15) is 22.3 Å². The third-order valence-corrected chi connectivity index (χ3v) is 10.2. The second kappa shape index (κ2) is 9.88. The molecule has 0 spiro atoms. The summed E-state index contributed by atoms with van der Waals surface area (Å²) in [6.07, 6.45) is 0. The largest absolute Gasteiger partial charge is 0.259 e. The number of rotatable bonds is 6. The smallest absolute Gasteiger partial charge is 0.0294 e. The van der Waals surface area contributed by atoms with Gasteiger partial charge in [0.15, 0.2) is 0 Å². The maximum absolute atomic E-state index is 4.13. The van der Waals surface area contributed by atoms with E-state index in [1.807, 2.05) is 0 Å². The molecule has 4 aromatic carbocycles. The zero-order valence-electron chi connectivity index (χ0n) is 18.6. The van der Waals surface area contributed by atoms with Crippen molar-refractivity contribution in [1.29, 1.82) is 0 Å². The van der Waals surface area contributed by atoms with Crippen molar-refractivity contribution in [2.24, 2.45) is 0 Å². The summed E-state index contributed by atoms with van der Waals surface area (Å²) < 4.78 is 0. The molecule has 0 aliphatic heterocycles. The molecule has 0 aliphatic carbocycles. The molecule has 0 saturated carbocycles. The summed E-state index contributed by atoms with van der Waals surface area (Å²) in [7, 11) is -1.40. The normalized spacial score (nSPS) is 11.3. The van der Waals surface area contributed by atoms with Crippen molar-refractivity contribution in [3.63, 3.8) is 0 Å². The summed E-state index contributed by atoms with van der Waals surface area (Å²) in [5.41, 5.74) is 5.17. The van der Waals surface area contributed by atoms with Gasteiger partial charge in [0.1, 0.15) is 0 Å². The SMILES string of the molecule is Cc1ccc(P(NP(c2ccc(C)cc2)c2ccc(C)cc2)c2ccc(C)cc2)cc1. The Morgan fingerprint density at radius 2 is 0.548 bits per heavy atom. The Morgan fingerprint density at radius 3 is 0.742 bits per heavy atom. The molecule has 156 valence electrons. The van der Waals surface area contributed by atoms with Crippen LogP contribution in [0.3, 0.4) is 0 Å². The van der Waals surface area contributed by atoms with Gasteiger partial charge in [0, 0.05) is 16.1 Å². The molecular formula is C28H29NP2. The highest BCUT2D eigenvalue weighted by Crippen LogP contribution is 2.42. The van der Waals surface area contributed by atoms with Crippen LogP contribution in [0.25, 0.3) is 0 Å². The Hall–Kier alpha value is -2.30. The minimum Gasteiger partial charge on any atom is -0.259 e. The van der Waals surface area contributed by atoms with Crippen LogP contribution in [0.15, 0.2) is 97.1 Å². The van der Waals surface area contributed by atoms with E-state index in [2.05, 4.69) is 130 Å². The molecule has 1 nitrogen and oxygen atoms in total. The molecule has 1 N–H and O–H groups in total. The van der Waals surface area contributed by atoms with Gasteiger partial charge in [-0.1, -0.05) is 119 Å². The predicted octanol–water partition coefficient (Wildman–Crippen LogP) is 5.91. The van der Waals surface area contributed by atoms with Gasteiger partial charge in [-0.15, -0.1) is 0 Å². The third-order valence-electron chi connectivity index (χ3n) is 5.37. The molecule has 0 unspecified atom stereocenters. The lowest BCUT2D eigenvalue weighted by atomic mass is 10.2. The van der Waals surface area contributed by atoms with Crippen LogP contribution in [0, 0.1) is 27.7 Å². The van der Waals surface area contributed by atoms with Crippen LogP contribution in [0.2, 0.25) is 0 Å². The molecule has 31 heavy (non-hydrogen) atoms. The molecule has 0 saturated heterocycles. The van der Waals surface area contributed by atoms with Crippen molar-refractivity contribution < 1.29 is 0 Å². The number of hydrogen-bond donors (Lipinski definition) is 1. The molecule has 3 heteroatoms. The highest BCUT2D eigenvalue weighted by Gasteiger charge is 2.22. The van der Waals surface area contributed by atoms with Gasteiger partial charge in [-0.3, -0.25) is 4.86 Å². The first-order valence-corrected chi connectivity index (χ1v) is 13.3. The molecule has 0 bridgehead atoms. The summed E-state index contributed by atoms with van der Waals surface area (Å²) in [4.78, 5) is 4.13. The van der Waals surface area contributed by atoms with Crippen molar-refractivity contribution in [3.8, 4) is 0 Å². The molecule has 4 aromatic rings. The first kappa shape index (κ1) is 21.9. The van der Waals surface area contributed by atoms with Crippen molar-refractivity contribution >= 4 is 37.4 Å². The van der Waals surface area contributed by atoms with E-state index in [-0.39, 0.29) is 0 Å².